The van der Waals surface area contributed by atoms with Crippen LogP contribution in [0.4, 0.5) is 10.5 Å². The molecule has 166 valence electrons. The molecule has 1 aromatic rings. The van der Waals surface area contributed by atoms with Crippen molar-refractivity contribution < 1.29 is 27.5 Å². The molecule has 3 rings (SSSR count). The number of rotatable bonds is 6. The second-order valence-corrected chi connectivity index (χ2v) is 9.44. The first-order valence-corrected chi connectivity index (χ1v) is 11.9. The van der Waals surface area contributed by atoms with E-state index in [9.17, 15) is 18.0 Å². The zero-order valence-electron chi connectivity index (χ0n) is 17.4. The smallest absolute Gasteiger partial charge is 0.410 e. The van der Waals surface area contributed by atoms with Crippen LogP contribution in [0.1, 0.15) is 35.7 Å². The summed E-state index contributed by atoms with van der Waals surface area (Å²) in [5, 5.41) is 0. The number of nitrogens with zero attached hydrogens (tertiary/aromatic N) is 2. The first-order chi connectivity index (χ1) is 14.3. The molecular weight excluding hydrogens is 410 g/mol. The Labute approximate surface area is 177 Å². The van der Waals surface area contributed by atoms with Gasteiger partial charge in [-0.25, -0.2) is 13.2 Å². The van der Waals surface area contributed by atoms with Crippen molar-refractivity contribution in [2.75, 3.05) is 49.9 Å². The van der Waals surface area contributed by atoms with Gasteiger partial charge in [-0.3, -0.25) is 9.52 Å². The summed E-state index contributed by atoms with van der Waals surface area (Å²) in [6.07, 6.45) is 0.693. The van der Waals surface area contributed by atoms with Crippen molar-refractivity contribution in [3.05, 3.63) is 29.3 Å². The summed E-state index contributed by atoms with van der Waals surface area (Å²) in [7, 11) is -3.39. The second-order valence-electron chi connectivity index (χ2n) is 7.60. The van der Waals surface area contributed by atoms with E-state index in [-0.39, 0.29) is 23.9 Å². The predicted molar refractivity (Wildman–Crippen MR) is 112 cm³/mol. The van der Waals surface area contributed by atoms with Gasteiger partial charge in [-0.05, 0) is 37.1 Å². The largest absolute Gasteiger partial charge is 0.444 e. The molecule has 2 amide bonds. The number of aryl methyl sites for hydroxylation is 1. The molecule has 1 aromatic carbocycles. The van der Waals surface area contributed by atoms with Crippen molar-refractivity contribution in [1.29, 1.82) is 0 Å². The van der Waals surface area contributed by atoms with Crippen LogP contribution in [-0.2, 0) is 19.5 Å². The third kappa shape index (κ3) is 5.63. The van der Waals surface area contributed by atoms with Gasteiger partial charge in [0.1, 0.15) is 6.10 Å². The van der Waals surface area contributed by atoms with E-state index in [0.29, 0.717) is 69.0 Å². The highest BCUT2D eigenvalue weighted by atomic mass is 32.2. The van der Waals surface area contributed by atoms with Gasteiger partial charge in [0.25, 0.3) is 5.91 Å². The number of ether oxygens (including phenoxy) is 2. The highest BCUT2D eigenvalue weighted by Gasteiger charge is 2.28. The van der Waals surface area contributed by atoms with E-state index in [1.807, 2.05) is 0 Å². The van der Waals surface area contributed by atoms with Gasteiger partial charge in [-0.1, -0.05) is 6.92 Å². The molecule has 2 heterocycles. The number of hydrogen-bond acceptors (Lipinski definition) is 6. The quantitative estimate of drug-likeness (QED) is 0.725. The van der Waals surface area contributed by atoms with Gasteiger partial charge in [-0.15, -0.1) is 0 Å². The van der Waals surface area contributed by atoms with Crippen LogP contribution in [0.5, 0.6) is 0 Å². The summed E-state index contributed by atoms with van der Waals surface area (Å²) >= 11 is 0. The predicted octanol–water partition coefficient (Wildman–Crippen LogP) is 1.83. The Hall–Kier alpha value is -2.33. The molecule has 0 spiro atoms. The number of amides is 2. The fraction of sp³-hybridized carbons (Fsp3) is 0.600. The molecule has 2 saturated heterocycles. The number of carbonyl (C=O) groups is 2. The van der Waals surface area contributed by atoms with Crippen molar-refractivity contribution in [3.8, 4) is 0 Å². The molecule has 0 aliphatic carbocycles. The summed E-state index contributed by atoms with van der Waals surface area (Å²) in [5.41, 5.74) is 1.65. The van der Waals surface area contributed by atoms with E-state index >= 15 is 0 Å². The average molecular weight is 440 g/mol. The lowest BCUT2D eigenvalue weighted by Crippen LogP contribution is -2.51. The fourth-order valence-corrected chi connectivity index (χ4v) is 4.70. The summed E-state index contributed by atoms with van der Waals surface area (Å²) in [5.74, 6) is -0.0913. The Balaban J connectivity index is 1.55. The number of anilines is 1. The van der Waals surface area contributed by atoms with Crippen molar-refractivity contribution in [2.45, 2.75) is 32.8 Å². The van der Waals surface area contributed by atoms with E-state index in [1.165, 1.54) is 0 Å². The molecule has 30 heavy (non-hydrogen) atoms. The summed E-state index contributed by atoms with van der Waals surface area (Å²) in [6, 6.07) is 4.93. The Morgan fingerprint density at radius 1 is 1.20 bits per heavy atom. The third-order valence-electron chi connectivity index (χ3n) is 5.19. The molecule has 0 saturated carbocycles. The molecule has 10 heteroatoms. The monoisotopic (exact) mass is 439 g/mol. The number of hydrogen-bond donors (Lipinski definition) is 1. The molecule has 1 atom stereocenters. The zero-order valence-corrected chi connectivity index (χ0v) is 18.2. The number of piperazine rings is 1. The lowest BCUT2D eigenvalue weighted by atomic mass is 10.1. The Morgan fingerprint density at radius 3 is 2.50 bits per heavy atom. The maximum absolute atomic E-state index is 12.8. The van der Waals surface area contributed by atoms with Crippen molar-refractivity contribution in [3.63, 3.8) is 0 Å². The van der Waals surface area contributed by atoms with E-state index in [0.717, 1.165) is 0 Å². The summed E-state index contributed by atoms with van der Waals surface area (Å²) in [6.45, 7) is 6.26. The van der Waals surface area contributed by atoms with Crippen LogP contribution in [0.15, 0.2) is 18.2 Å². The third-order valence-corrected chi connectivity index (χ3v) is 6.67. The van der Waals surface area contributed by atoms with E-state index in [4.69, 9.17) is 9.47 Å². The highest BCUT2D eigenvalue weighted by Crippen LogP contribution is 2.20. The molecular formula is C20H29N3O6S. The van der Waals surface area contributed by atoms with Gasteiger partial charge >= 0.3 is 6.09 Å². The first-order valence-electron chi connectivity index (χ1n) is 10.2. The SMILES string of the molecule is CCCS(=O)(=O)Nc1ccc(C(=O)N2CCN(C(=O)OC3CCOC3)CC2)cc1C. The van der Waals surface area contributed by atoms with E-state index in [2.05, 4.69) is 4.72 Å². The second kappa shape index (κ2) is 9.65. The van der Waals surface area contributed by atoms with Gasteiger partial charge in [0.05, 0.1) is 24.7 Å². The van der Waals surface area contributed by atoms with Crippen molar-refractivity contribution >= 4 is 27.7 Å². The normalized spacial score (nSPS) is 19.6. The molecule has 9 nitrogen and oxygen atoms in total. The number of benzene rings is 1. The molecule has 0 bridgehead atoms. The maximum atomic E-state index is 12.8. The Bertz CT molecular complexity index is 875. The lowest BCUT2D eigenvalue weighted by Gasteiger charge is -2.34. The molecule has 2 aliphatic heterocycles. The summed E-state index contributed by atoms with van der Waals surface area (Å²) in [4.78, 5) is 28.4. The van der Waals surface area contributed by atoms with Gasteiger partial charge in [0.2, 0.25) is 10.0 Å². The highest BCUT2D eigenvalue weighted by molar-refractivity contribution is 7.92. The lowest BCUT2D eigenvalue weighted by molar-refractivity contribution is 0.0370. The van der Waals surface area contributed by atoms with Crippen molar-refractivity contribution in [1.82, 2.24) is 9.80 Å². The molecule has 1 N–H and O–H groups in total. The standard InChI is InChI=1S/C20H29N3O6S/c1-3-12-30(26,27)21-18-5-4-16(13-15(18)2)19(24)22-7-9-23(10-8-22)20(25)29-17-6-11-28-14-17/h4-5,13,17,21H,3,6-12,14H2,1-2H3. The van der Waals surface area contributed by atoms with E-state index < -0.39 is 10.0 Å². The molecule has 0 radical (unpaired) electrons. The van der Waals surface area contributed by atoms with Crippen LogP contribution in [0.3, 0.4) is 0 Å². The van der Waals surface area contributed by atoms with Crippen LogP contribution in [0, 0.1) is 6.92 Å². The number of nitrogens with one attached hydrogen (secondary N) is 1. The molecule has 1 unspecified atom stereocenters. The minimum atomic E-state index is -3.39. The minimum absolute atomic E-state index is 0.0492. The van der Waals surface area contributed by atoms with Crippen molar-refractivity contribution in [2.24, 2.45) is 0 Å². The van der Waals surface area contributed by atoms with Gasteiger partial charge in [0.15, 0.2) is 0 Å². The van der Waals surface area contributed by atoms with Gasteiger partial charge in [0, 0.05) is 38.2 Å². The fourth-order valence-electron chi connectivity index (χ4n) is 3.50. The average Bonchev–Trinajstić information content (AvgIpc) is 3.22. The zero-order chi connectivity index (χ0) is 21.7. The van der Waals surface area contributed by atoms with Crippen LogP contribution >= 0.6 is 0 Å². The molecule has 2 fully saturated rings. The van der Waals surface area contributed by atoms with Crippen LogP contribution in [0.2, 0.25) is 0 Å². The molecule has 0 aromatic heterocycles. The van der Waals surface area contributed by atoms with Crippen LogP contribution < -0.4 is 4.72 Å². The first kappa shape index (κ1) is 22.4. The maximum Gasteiger partial charge on any atom is 0.410 e. The molecule has 2 aliphatic rings. The Kier molecular flexibility index (Phi) is 7.19. The van der Waals surface area contributed by atoms with Crippen LogP contribution in [-0.4, -0.2) is 81.5 Å². The van der Waals surface area contributed by atoms with Gasteiger partial charge in [-0.2, -0.15) is 0 Å². The number of sulfonamides is 1. The van der Waals surface area contributed by atoms with Gasteiger partial charge < -0.3 is 19.3 Å². The number of carbonyl (C=O) groups excluding carboxylic acids is 2. The van der Waals surface area contributed by atoms with E-state index in [1.54, 1.807) is 41.8 Å². The summed E-state index contributed by atoms with van der Waals surface area (Å²) < 4.78 is 37.1. The van der Waals surface area contributed by atoms with Crippen LogP contribution in [0.25, 0.3) is 0 Å². The Morgan fingerprint density at radius 2 is 1.90 bits per heavy atom. The topological polar surface area (TPSA) is 105 Å². The minimum Gasteiger partial charge on any atom is -0.444 e.